The number of hydrogen-bond donors (Lipinski definition) is 2. The molecule has 10 nitrogen and oxygen atoms in total. The summed E-state index contributed by atoms with van der Waals surface area (Å²) in [6.07, 6.45) is 1.30. The molecule has 0 aliphatic carbocycles. The molecule has 0 bridgehead atoms. The number of amides is 2. The zero-order valence-electron chi connectivity index (χ0n) is 22.8. The molecule has 0 saturated carbocycles. The largest absolute Gasteiger partial charge is 0.444 e. The van der Waals surface area contributed by atoms with Gasteiger partial charge in [0, 0.05) is 42.8 Å². The van der Waals surface area contributed by atoms with Gasteiger partial charge in [-0.15, -0.1) is 0 Å². The molecule has 1 aromatic carbocycles. The second-order valence-corrected chi connectivity index (χ2v) is 10.9. The van der Waals surface area contributed by atoms with Crippen LogP contribution in [0.25, 0.3) is 0 Å². The zero-order chi connectivity index (χ0) is 29.4. The van der Waals surface area contributed by atoms with E-state index in [-0.39, 0.29) is 55.1 Å². The van der Waals surface area contributed by atoms with Crippen LogP contribution in [0.2, 0.25) is 10.2 Å². The number of carbonyl (C=O) groups excluding carboxylic acids is 2. The first-order chi connectivity index (χ1) is 18.9. The molecular formula is C28H31Cl2N5O5. The monoisotopic (exact) mass is 587 g/mol. The maximum atomic E-state index is 13.2. The number of nitrogens with zero attached hydrogens (tertiary/aromatic N) is 3. The standard InChI is InChI=1S/C28H31Cl2N5O5/c1-17-8-11-35(12-9-22-25(30)39-24(34-22)7-10-31)26(37)21(17)14-23(36)32-16-19-13-20(29)6-5-18(19)15-33-27(38)40-28(2,3)4/h5-6,8,11,13H,7,9,12,14-16H2,1-4H3,(H,32,36)(H,33,38). The topological polar surface area (TPSA) is 139 Å². The fourth-order valence-corrected chi connectivity index (χ4v) is 4.26. The molecule has 0 aliphatic rings. The van der Waals surface area contributed by atoms with Crippen LogP contribution in [0.4, 0.5) is 4.79 Å². The number of alkyl carbamates (subject to hydrolysis) is 1. The third kappa shape index (κ3) is 8.86. The summed E-state index contributed by atoms with van der Waals surface area (Å²) >= 11 is 12.2. The van der Waals surface area contributed by atoms with Crippen LogP contribution < -0.4 is 16.2 Å². The lowest BCUT2D eigenvalue weighted by molar-refractivity contribution is -0.120. The number of ether oxygens (including phenoxy) is 1. The van der Waals surface area contributed by atoms with Gasteiger partial charge < -0.3 is 24.4 Å². The molecule has 0 aliphatic heterocycles. The quantitative estimate of drug-likeness (QED) is 0.352. The molecule has 0 atom stereocenters. The second kappa shape index (κ2) is 13.5. The highest BCUT2D eigenvalue weighted by molar-refractivity contribution is 6.30. The first-order valence-electron chi connectivity index (χ1n) is 12.6. The molecule has 12 heteroatoms. The molecular weight excluding hydrogens is 557 g/mol. The summed E-state index contributed by atoms with van der Waals surface area (Å²) in [7, 11) is 0. The van der Waals surface area contributed by atoms with Gasteiger partial charge in [-0.25, -0.2) is 9.78 Å². The van der Waals surface area contributed by atoms with E-state index in [9.17, 15) is 14.4 Å². The Bertz CT molecular complexity index is 1480. The van der Waals surface area contributed by atoms with Crippen LogP contribution in [0.5, 0.6) is 0 Å². The van der Waals surface area contributed by atoms with Crippen LogP contribution in [0.15, 0.2) is 39.7 Å². The van der Waals surface area contributed by atoms with Gasteiger partial charge in [-0.2, -0.15) is 5.26 Å². The lowest BCUT2D eigenvalue weighted by Crippen LogP contribution is -2.33. The number of aromatic nitrogens is 2. The van der Waals surface area contributed by atoms with Gasteiger partial charge in [0.05, 0.1) is 12.5 Å². The third-order valence-corrected chi connectivity index (χ3v) is 6.35. The van der Waals surface area contributed by atoms with E-state index in [4.69, 9.17) is 37.6 Å². The van der Waals surface area contributed by atoms with Crippen molar-refractivity contribution in [2.24, 2.45) is 0 Å². The van der Waals surface area contributed by atoms with Crippen LogP contribution in [-0.4, -0.2) is 27.2 Å². The van der Waals surface area contributed by atoms with Crippen molar-refractivity contribution in [3.63, 3.8) is 0 Å². The summed E-state index contributed by atoms with van der Waals surface area (Å²) in [6, 6.07) is 8.90. The van der Waals surface area contributed by atoms with E-state index in [2.05, 4.69) is 15.6 Å². The molecule has 2 amide bonds. The van der Waals surface area contributed by atoms with Gasteiger partial charge in [0.1, 0.15) is 17.7 Å². The van der Waals surface area contributed by atoms with Crippen molar-refractivity contribution in [3.8, 4) is 6.07 Å². The van der Waals surface area contributed by atoms with Gasteiger partial charge in [-0.3, -0.25) is 9.59 Å². The summed E-state index contributed by atoms with van der Waals surface area (Å²) in [5.41, 5.74) is 2.08. The summed E-state index contributed by atoms with van der Waals surface area (Å²) < 4.78 is 12.0. The number of pyridine rings is 1. The fourth-order valence-electron chi connectivity index (χ4n) is 3.84. The number of nitriles is 1. The summed E-state index contributed by atoms with van der Waals surface area (Å²) in [4.78, 5) is 42.3. The van der Waals surface area contributed by atoms with Gasteiger partial charge >= 0.3 is 6.09 Å². The van der Waals surface area contributed by atoms with Gasteiger partial charge in [-0.1, -0.05) is 17.7 Å². The van der Waals surface area contributed by atoms with Crippen LogP contribution >= 0.6 is 23.2 Å². The maximum Gasteiger partial charge on any atom is 0.407 e. The predicted molar refractivity (Wildman–Crippen MR) is 150 cm³/mol. The highest BCUT2D eigenvalue weighted by atomic mass is 35.5. The smallest absolute Gasteiger partial charge is 0.407 e. The van der Waals surface area contributed by atoms with Crippen molar-refractivity contribution >= 4 is 35.2 Å². The van der Waals surface area contributed by atoms with Crippen molar-refractivity contribution in [3.05, 3.63) is 84.9 Å². The van der Waals surface area contributed by atoms with Gasteiger partial charge in [0.25, 0.3) is 5.56 Å². The molecule has 0 unspecified atom stereocenters. The molecule has 0 fully saturated rings. The molecule has 3 aromatic rings. The Morgan fingerprint density at radius 2 is 1.88 bits per heavy atom. The second-order valence-electron chi connectivity index (χ2n) is 10.1. The average molecular weight is 588 g/mol. The molecule has 2 N–H and O–H groups in total. The Morgan fingerprint density at radius 3 is 2.58 bits per heavy atom. The van der Waals surface area contributed by atoms with E-state index < -0.39 is 11.7 Å². The van der Waals surface area contributed by atoms with Crippen LogP contribution in [-0.2, 0) is 48.4 Å². The molecule has 0 spiro atoms. The number of hydrogen-bond acceptors (Lipinski definition) is 7. The highest BCUT2D eigenvalue weighted by Gasteiger charge is 2.17. The summed E-state index contributed by atoms with van der Waals surface area (Å²) in [6.45, 7) is 7.71. The first-order valence-corrected chi connectivity index (χ1v) is 13.3. The lowest BCUT2D eigenvalue weighted by atomic mass is 10.1. The SMILES string of the molecule is Cc1ccn(CCc2nc(CC#N)oc2Cl)c(=O)c1CC(=O)NCc1cc(Cl)ccc1CNC(=O)OC(C)(C)C. The summed E-state index contributed by atoms with van der Waals surface area (Å²) in [5.74, 6) is -0.121. The molecule has 2 aromatic heterocycles. The fraction of sp³-hybridized carbons (Fsp3) is 0.393. The Balaban J connectivity index is 1.64. The van der Waals surface area contributed by atoms with Crippen molar-refractivity contribution in [1.82, 2.24) is 20.2 Å². The molecule has 0 radical (unpaired) electrons. The number of benzene rings is 1. The minimum Gasteiger partial charge on any atom is -0.444 e. The Labute approximate surface area is 242 Å². The molecule has 2 heterocycles. The number of halogens is 2. The maximum absolute atomic E-state index is 13.2. The lowest BCUT2D eigenvalue weighted by Gasteiger charge is -2.20. The van der Waals surface area contributed by atoms with Crippen LogP contribution in [0, 0.1) is 18.3 Å². The number of nitrogens with one attached hydrogen (secondary N) is 2. The van der Waals surface area contributed by atoms with E-state index in [0.29, 0.717) is 28.3 Å². The van der Waals surface area contributed by atoms with E-state index in [0.717, 1.165) is 11.1 Å². The van der Waals surface area contributed by atoms with Gasteiger partial charge in [0.2, 0.25) is 17.0 Å². The van der Waals surface area contributed by atoms with Crippen LogP contribution in [0.1, 0.15) is 54.6 Å². The van der Waals surface area contributed by atoms with Crippen molar-refractivity contribution < 1.29 is 18.7 Å². The number of aryl methyl sites for hydroxylation is 3. The van der Waals surface area contributed by atoms with E-state index in [1.165, 1.54) is 4.57 Å². The molecule has 0 saturated heterocycles. The Hall–Kier alpha value is -3.81. The number of carbonyl (C=O) groups is 2. The number of rotatable bonds is 10. The predicted octanol–water partition coefficient (Wildman–Crippen LogP) is 4.64. The first kappa shape index (κ1) is 30.7. The molecule has 212 valence electrons. The normalized spacial score (nSPS) is 11.1. The highest BCUT2D eigenvalue weighted by Crippen LogP contribution is 2.19. The van der Waals surface area contributed by atoms with E-state index >= 15 is 0 Å². The molecule has 40 heavy (non-hydrogen) atoms. The molecule has 3 rings (SSSR count). The van der Waals surface area contributed by atoms with Crippen LogP contribution in [0.3, 0.4) is 0 Å². The zero-order valence-corrected chi connectivity index (χ0v) is 24.3. The average Bonchev–Trinajstić information content (AvgIpc) is 3.22. The van der Waals surface area contributed by atoms with Gasteiger partial charge in [-0.05, 0) is 74.2 Å². The summed E-state index contributed by atoms with van der Waals surface area (Å²) in [5, 5.41) is 14.9. The van der Waals surface area contributed by atoms with Gasteiger partial charge in [0.15, 0.2) is 0 Å². The minimum absolute atomic E-state index is 0.000390. The number of oxazole rings is 1. The Kier molecular flexibility index (Phi) is 10.4. The minimum atomic E-state index is -0.625. The van der Waals surface area contributed by atoms with Crippen molar-refractivity contribution in [1.29, 1.82) is 5.26 Å². The third-order valence-electron chi connectivity index (χ3n) is 5.82. The van der Waals surface area contributed by atoms with Crippen molar-refractivity contribution in [2.75, 3.05) is 0 Å². The van der Waals surface area contributed by atoms with Crippen molar-refractivity contribution in [2.45, 2.75) is 72.2 Å². The van der Waals surface area contributed by atoms with E-state index in [1.54, 1.807) is 58.2 Å². The van der Waals surface area contributed by atoms with E-state index in [1.807, 2.05) is 6.07 Å². The Morgan fingerprint density at radius 1 is 1.15 bits per heavy atom.